The third-order valence-corrected chi connectivity index (χ3v) is 8.11. The molecule has 3 rings (SSSR count). The van der Waals surface area contributed by atoms with Gasteiger partial charge < -0.3 is 30.6 Å². The van der Waals surface area contributed by atoms with Crippen molar-refractivity contribution in [1.29, 1.82) is 0 Å². The Bertz CT molecular complexity index is 1220. The first kappa shape index (κ1) is 29.7. The molecule has 210 valence electrons. The number of esters is 1. The first-order valence-corrected chi connectivity index (χ1v) is 13.8. The molecule has 1 aliphatic rings. The van der Waals surface area contributed by atoms with Crippen molar-refractivity contribution in [3.05, 3.63) is 53.1 Å². The van der Waals surface area contributed by atoms with E-state index in [4.69, 9.17) is 30.0 Å². The summed E-state index contributed by atoms with van der Waals surface area (Å²) in [7, 11) is -4.11. The van der Waals surface area contributed by atoms with Crippen molar-refractivity contribution in [2.45, 2.75) is 63.9 Å². The van der Waals surface area contributed by atoms with Crippen LogP contribution in [-0.2, 0) is 23.4 Å². The van der Waals surface area contributed by atoms with Gasteiger partial charge in [0.05, 0.1) is 24.3 Å². The van der Waals surface area contributed by atoms with Gasteiger partial charge in [-0.05, 0) is 39.0 Å². The summed E-state index contributed by atoms with van der Waals surface area (Å²) < 4.78 is 51.7. The van der Waals surface area contributed by atoms with E-state index in [0.717, 1.165) is 4.57 Å². The first-order valence-electron chi connectivity index (χ1n) is 12.0. The fourth-order valence-electron chi connectivity index (χ4n) is 4.06. The van der Waals surface area contributed by atoms with Crippen LogP contribution in [0.25, 0.3) is 0 Å². The smallest absolute Gasteiger partial charge is 0.380 e. The van der Waals surface area contributed by atoms with Crippen molar-refractivity contribution >= 4 is 19.4 Å². The van der Waals surface area contributed by atoms with E-state index in [-0.39, 0.29) is 23.8 Å². The average Bonchev–Trinajstić information content (AvgIpc) is 3.10. The normalized spacial score (nSPS) is 26.5. The number of halogens is 1. The lowest BCUT2D eigenvalue weighted by Crippen LogP contribution is -2.58. The van der Waals surface area contributed by atoms with Gasteiger partial charge in [-0.1, -0.05) is 25.1 Å². The number of nitrogens with zero attached hydrogens (tertiary/aromatic N) is 2. The number of carbonyl (C=O) groups is 1. The monoisotopic (exact) mass is 556 g/mol. The molecule has 1 fully saturated rings. The molecule has 1 aromatic heterocycles. The van der Waals surface area contributed by atoms with Crippen LogP contribution >= 0.6 is 7.60 Å². The summed E-state index contributed by atoms with van der Waals surface area (Å²) in [6.45, 7) is 5.05. The molecule has 14 heteroatoms. The summed E-state index contributed by atoms with van der Waals surface area (Å²) in [5, 5.41) is 11.0. The summed E-state index contributed by atoms with van der Waals surface area (Å²) >= 11 is 0. The average molecular weight is 557 g/mol. The van der Waals surface area contributed by atoms with Gasteiger partial charge in [0.25, 0.3) is 0 Å². The Kier molecular flexibility index (Phi) is 9.32. The molecular formula is C24H34FN4O8P. The Morgan fingerprint density at radius 3 is 2.50 bits per heavy atom. The molecule has 5 N–H and O–H groups in total. The lowest BCUT2D eigenvalue weighted by atomic mass is 9.91. The number of anilines is 1. The Hall–Kier alpha value is -2.83. The van der Waals surface area contributed by atoms with Crippen LogP contribution in [0.3, 0.4) is 0 Å². The van der Waals surface area contributed by atoms with Crippen LogP contribution in [0, 0.1) is 5.92 Å². The van der Waals surface area contributed by atoms with Gasteiger partial charge in [-0.3, -0.25) is 13.9 Å². The second-order valence-electron chi connectivity index (χ2n) is 9.58. The van der Waals surface area contributed by atoms with Gasteiger partial charge in [-0.2, -0.15) is 4.98 Å². The van der Waals surface area contributed by atoms with Crippen molar-refractivity contribution in [3.8, 4) is 5.75 Å². The largest absolute Gasteiger partial charge is 0.463 e. The van der Waals surface area contributed by atoms with Crippen LogP contribution in [0.15, 0.2) is 47.4 Å². The van der Waals surface area contributed by atoms with Gasteiger partial charge in [0, 0.05) is 6.20 Å². The second kappa shape index (κ2) is 11.9. The van der Waals surface area contributed by atoms with Crippen LogP contribution in [0.2, 0.25) is 0 Å². The zero-order valence-electron chi connectivity index (χ0n) is 21.6. The molecule has 0 saturated carbocycles. The number of ether oxygens (including phenoxy) is 2. The fraction of sp³-hybridized carbons (Fsp3) is 0.542. The number of hydrogen-bond donors (Lipinski definition) is 3. The van der Waals surface area contributed by atoms with Gasteiger partial charge in [0.1, 0.15) is 36.0 Å². The molecule has 0 bridgehead atoms. The molecular weight excluding hydrogens is 522 g/mol. The molecule has 2 aromatic rings. The highest BCUT2D eigenvalue weighted by molar-refractivity contribution is 7.54. The standard InChI is InChI=1S/C24H34FN4O8P/c1-14(2)34-21(31)15(3)12-38(33,37-17-8-6-5-7-9-17)36-16(4)19-20(30)24(27,13-25)22(35-19)29-11-10-18(26)28-23(29)32/h5-11,14-16,19-20,22,30H,12-13,27H2,1-4H3,(H2,26,28,32)/t15-,16+,19-,20+,22-,24?,38+/m1/s1. The van der Waals surface area contributed by atoms with Crippen LogP contribution in [0.1, 0.15) is 33.9 Å². The summed E-state index contributed by atoms with van der Waals surface area (Å²) in [6, 6.07) is 9.47. The van der Waals surface area contributed by atoms with Crippen LogP contribution in [0.4, 0.5) is 10.2 Å². The van der Waals surface area contributed by atoms with Gasteiger partial charge in [-0.25, -0.2) is 13.8 Å². The Morgan fingerprint density at radius 2 is 1.92 bits per heavy atom. The van der Waals surface area contributed by atoms with Gasteiger partial charge in [0.2, 0.25) is 0 Å². The molecule has 1 aliphatic heterocycles. The molecule has 0 radical (unpaired) electrons. The first-order chi connectivity index (χ1) is 17.8. The van der Waals surface area contributed by atoms with E-state index >= 15 is 0 Å². The number of alkyl halides is 1. The van der Waals surface area contributed by atoms with E-state index in [9.17, 15) is 23.7 Å². The minimum atomic E-state index is -4.11. The summed E-state index contributed by atoms with van der Waals surface area (Å²) in [5.41, 5.74) is 8.78. The second-order valence-corrected chi connectivity index (χ2v) is 11.6. The highest BCUT2D eigenvalue weighted by Crippen LogP contribution is 2.52. The number of nitrogen functional groups attached to an aromatic ring is 1. The number of para-hydroxylation sites is 1. The number of aromatic nitrogens is 2. The number of aliphatic hydroxyl groups is 1. The molecule has 12 nitrogen and oxygen atoms in total. The van der Waals surface area contributed by atoms with Crippen molar-refractivity contribution in [2.24, 2.45) is 11.7 Å². The van der Waals surface area contributed by atoms with Gasteiger partial charge in [0.15, 0.2) is 6.23 Å². The van der Waals surface area contributed by atoms with Crippen molar-refractivity contribution in [1.82, 2.24) is 9.55 Å². The Balaban J connectivity index is 1.88. The summed E-state index contributed by atoms with van der Waals surface area (Å²) in [4.78, 5) is 28.4. The van der Waals surface area contributed by atoms with E-state index in [1.165, 1.54) is 26.1 Å². The maximum atomic E-state index is 14.2. The van der Waals surface area contributed by atoms with Gasteiger partial charge >= 0.3 is 19.3 Å². The highest BCUT2D eigenvalue weighted by Gasteiger charge is 2.57. The number of hydrogen-bond acceptors (Lipinski definition) is 11. The Morgan fingerprint density at radius 1 is 1.26 bits per heavy atom. The SMILES string of the molecule is CC(C)OC(=O)[C@H](C)C[P@@](=O)(Oc1ccccc1)O[C@@H](C)[C@H]1O[C@@H](n2ccc(N)nc2=O)C(N)(CF)[C@H]1O. The maximum absolute atomic E-state index is 14.2. The predicted molar refractivity (Wildman–Crippen MR) is 136 cm³/mol. The number of nitrogens with two attached hydrogens (primary N) is 2. The number of rotatable bonds is 11. The predicted octanol–water partition coefficient (Wildman–Crippen LogP) is 2.02. The van der Waals surface area contributed by atoms with Crippen LogP contribution in [0.5, 0.6) is 5.75 Å². The number of carbonyl (C=O) groups excluding carboxylic acids is 1. The van der Waals surface area contributed by atoms with Crippen LogP contribution in [-0.4, -0.2) is 63.4 Å². The van der Waals surface area contributed by atoms with Gasteiger partial charge in [-0.15, -0.1) is 0 Å². The third kappa shape index (κ3) is 6.59. The Labute approximate surface area is 219 Å². The van der Waals surface area contributed by atoms with E-state index in [1.54, 1.807) is 44.2 Å². The lowest BCUT2D eigenvalue weighted by Gasteiger charge is -2.31. The van der Waals surface area contributed by atoms with E-state index in [0.29, 0.717) is 0 Å². The maximum Gasteiger partial charge on any atom is 0.380 e. The summed E-state index contributed by atoms with van der Waals surface area (Å²) in [6.07, 6.45) is -5.22. The zero-order valence-corrected chi connectivity index (χ0v) is 22.5. The van der Waals surface area contributed by atoms with Crippen molar-refractivity contribution < 1.29 is 37.4 Å². The molecule has 2 heterocycles. The van der Waals surface area contributed by atoms with Crippen molar-refractivity contribution in [3.63, 3.8) is 0 Å². The fourth-order valence-corrected chi connectivity index (χ4v) is 6.15. The quantitative estimate of drug-likeness (QED) is 0.272. The molecule has 38 heavy (non-hydrogen) atoms. The number of aliphatic hydroxyl groups excluding tert-OH is 1. The molecule has 7 atom stereocenters. The molecule has 1 unspecified atom stereocenters. The molecule has 1 aromatic carbocycles. The van der Waals surface area contributed by atoms with Crippen molar-refractivity contribution in [2.75, 3.05) is 18.6 Å². The highest BCUT2D eigenvalue weighted by atomic mass is 31.2. The van der Waals surface area contributed by atoms with E-state index in [2.05, 4.69) is 4.98 Å². The topological polar surface area (TPSA) is 178 Å². The molecule has 1 saturated heterocycles. The number of benzene rings is 1. The van der Waals surface area contributed by atoms with E-state index in [1.807, 2.05) is 0 Å². The van der Waals surface area contributed by atoms with E-state index < -0.39 is 61.9 Å². The molecule has 0 amide bonds. The lowest BCUT2D eigenvalue weighted by molar-refractivity contribution is -0.151. The molecule has 0 spiro atoms. The third-order valence-electron chi connectivity index (χ3n) is 5.97. The van der Waals surface area contributed by atoms with Crippen LogP contribution < -0.4 is 21.7 Å². The minimum Gasteiger partial charge on any atom is -0.463 e. The minimum absolute atomic E-state index is 0.0648. The zero-order chi connectivity index (χ0) is 28.3. The summed E-state index contributed by atoms with van der Waals surface area (Å²) in [5.74, 6) is -1.32. The molecule has 0 aliphatic carbocycles.